The van der Waals surface area contributed by atoms with Crippen molar-refractivity contribution >= 4 is 51.7 Å². The van der Waals surface area contributed by atoms with E-state index in [4.69, 9.17) is 9.47 Å². The van der Waals surface area contributed by atoms with Gasteiger partial charge >= 0.3 is 5.97 Å². The number of amides is 2. The summed E-state index contributed by atoms with van der Waals surface area (Å²) in [6.45, 7) is 6.90. The standard InChI is InChI=1S/C28H31N5O8S2/c1-15-22-21(16(2)34)26(36)32(22)23(27(37)41-13-17-3-5-18(6-4-17)33(38)39)24(15)43-19-11-31(12-19)28-29-20(14-42-28)25(35)30-7-9-40-10-8-30/h3-6,14-16,19,21-22,34H,7-13H2,1-2H3/t15-,16-,21-,22-/m1/s1. The molecule has 4 aliphatic heterocycles. The number of anilines is 1. The normalized spacial score (nSPS) is 24.4. The van der Waals surface area contributed by atoms with Crippen LogP contribution in [0.1, 0.15) is 29.9 Å². The number of nitro benzene ring substituents is 1. The number of esters is 1. The number of thiazole rings is 1. The summed E-state index contributed by atoms with van der Waals surface area (Å²) in [6, 6.07) is 5.40. The van der Waals surface area contributed by atoms with Crippen LogP contribution >= 0.6 is 23.1 Å². The Hall–Kier alpha value is -3.53. The average Bonchev–Trinajstić information content (AvgIpc) is 3.55. The summed E-state index contributed by atoms with van der Waals surface area (Å²) in [6.07, 6.45) is -0.851. The summed E-state index contributed by atoms with van der Waals surface area (Å²) in [7, 11) is 0. The Morgan fingerprint density at radius 1 is 1.26 bits per heavy atom. The van der Waals surface area contributed by atoms with Crippen molar-refractivity contribution in [2.45, 2.75) is 37.9 Å². The number of hydrogen-bond acceptors (Lipinski definition) is 12. The summed E-state index contributed by atoms with van der Waals surface area (Å²) in [5.41, 5.74) is 1.15. The molecule has 4 atom stereocenters. The molecule has 3 fully saturated rings. The zero-order chi connectivity index (χ0) is 30.4. The van der Waals surface area contributed by atoms with Crippen LogP contribution in [-0.2, 0) is 25.7 Å². The number of aliphatic hydroxyl groups excluding tert-OH is 1. The van der Waals surface area contributed by atoms with Crippen LogP contribution in [0, 0.1) is 22.0 Å². The van der Waals surface area contributed by atoms with Gasteiger partial charge in [-0.05, 0) is 24.6 Å². The van der Waals surface area contributed by atoms with E-state index in [1.165, 1.54) is 52.3 Å². The van der Waals surface area contributed by atoms with Crippen LogP contribution in [0.4, 0.5) is 10.8 Å². The molecule has 0 unspecified atom stereocenters. The van der Waals surface area contributed by atoms with Gasteiger partial charge in [-0.3, -0.25) is 19.7 Å². The number of carbonyl (C=O) groups excluding carboxylic acids is 3. The number of nitrogens with zero attached hydrogens (tertiary/aromatic N) is 5. The number of hydrogen-bond donors (Lipinski definition) is 1. The summed E-state index contributed by atoms with van der Waals surface area (Å²) >= 11 is 2.96. The van der Waals surface area contributed by atoms with Gasteiger partial charge in [-0.2, -0.15) is 0 Å². The number of non-ortho nitro benzene ring substituents is 1. The highest BCUT2D eigenvalue weighted by Gasteiger charge is 2.60. The van der Waals surface area contributed by atoms with Gasteiger partial charge in [0.2, 0.25) is 5.91 Å². The van der Waals surface area contributed by atoms with Crippen molar-refractivity contribution in [1.29, 1.82) is 0 Å². The number of ether oxygens (including phenoxy) is 2. The van der Waals surface area contributed by atoms with Gasteiger partial charge in [0.05, 0.1) is 36.2 Å². The number of β-lactam (4-membered cyclic amide) rings is 1. The molecule has 5 heterocycles. The van der Waals surface area contributed by atoms with Gasteiger partial charge < -0.3 is 29.3 Å². The zero-order valence-electron chi connectivity index (χ0n) is 23.6. The molecule has 0 saturated carbocycles. The topological polar surface area (TPSA) is 156 Å². The number of rotatable bonds is 9. The highest BCUT2D eigenvalue weighted by atomic mass is 32.2. The molecule has 228 valence electrons. The number of nitro groups is 1. The fraction of sp³-hybridized carbons (Fsp3) is 0.500. The predicted molar refractivity (Wildman–Crippen MR) is 157 cm³/mol. The quantitative estimate of drug-likeness (QED) is 0.188. The van der Waals surface area contributed by atoms with Crippen LogP contribution in [-0.4, -0.2) is 99.4 Å². The second kappa shape index (κ2) is 11.9. The van der Waals surface area contributed by atoms with E-state index in [0.717, 1.165) is 10.0 Å². The molecule has 4 aliphatic rings. The molecule has 0 aliphatic carbocycles. The van der Waals surface area contributed by atoms with Crippen molar-refractivity contribution in [3.63, 3.8) is 0 Å². The van der Waals surface area contributed by atoms with Crippen molar-refractivity contribution in [2.24, 2.45) is 11.8 Å². The molecule has 6 rings (SSSR count). The number of morpholine rings is 1. The molecule has 1 aromatic heterocycles. The van der Waals surface area contributed by atoms with Crippen LogP contribution in [0.3, 0.4) is 0 Å². The van der Waals surface area contributed by atoms with Crippen molar-refractivity contribution in [2.75, 3.05) is 44.3 Å². The fourth-order valence-electron chi connectivity index (χ4n) is 5.88. The van der Waals surface area contributed by atoms with Gasteiger partial charge in [-0.25, -0.2) is 9.78 Å². The largest absolute Gasteiger partial charge is 0.456 e. The summed E-state index contributed by atoms with van der Waals surface area (Å²) in [5, 5.41) is 23.9. The molecule has 2 aromatic rings. The minimum Gasteiger partial charge on any atom is -0.456 e. The van der Waals surface area contributed by atoms with Gasteiger partial charge in [0, 0.05) is 59.8 Å². The smallest absolute Gasteiger partial charge is 0.356 e. The molecule has 13 nitrogen and oxygen atoms in total. The average molecular weight is 630 g/mol. The molecule has 1 N–H and O–H groups in total. The molecule has 0 radical (unpaired) electrons. The van der Waals surface area contributed by atoms with E-state index in [-0.39, 0.29) is 47.0 Å². The van der Waals surface area contributed by atoms with Crippen LogP contribution in [0.5, 0.6) is 0 Å². The van der Waals surface area contributed by atoms with Crippen molar-refractivity contribution in [3.8, 4) is 0 Å². The first-order valence-corrected chi connectivity index (χ1v) is 15.8. The van der Waals surface area contributed by atoms with E-state index in [2.05, 4.69) is 9.88 Å². The van der Waals surface area contributed by atoms with E-state index in [0.29, 0.717) is 50.7 Å². The first-order valence-electron chi connectivity index (χ1n) is 14.0. The third-order valence-electron chi connectivity index (χ3n) is 8.24. The Morgan fingerprint density at radius 2 is 1.95 bits per heavy atom. The lowest BCUT2D eigenvalue weighted by Crippen LogP contribution is -2.63. The molecular formula is C28H31N5O8S2. The van der Waals surface area contributed by atoms with Crippen LogP contribution in [0.15, 0.2) is 40.2 Å². The Labute approximate surface area is 255 Å². The van der Waals surface area contributed by atoms with Gasteiger partial charge in [-0.15, -0.1) is 23.1 Å². The van der Waals surface area contributed by atoms with Crippen LogP contribution < -0.4 is 4.90 Å². The third-order valence-corrected chi connectivity index (χ3v) is 10.6. The van der Waals surface area contributed by atoms with Crippen LogP contribution in [0.2, 0.25) is 0 Å². The molecule has 0 bridgehead atoms. The number of thioether (sulfide) groups is 1. The van der Waals surface area contributed by atoms with Gasteiger partial charge in [0.15, 0.2) is 5.13 Å². The first kappa shape index (κ1) is 29.5. The maximum Gasteiger partial charge on any atom is 0.356 e. The van der Waals surface area contributed by atoms with Gasteiger partial charge in [-0.1, -0.05) is 6.92 Å². The Bertz CT molecular complexity index is 1470. The predicted octanol–water partition coefficient (Wildman–Crippen LogP) is 2.26. The van der Waals surface area contributed by atoms with Gasteiger partial charge in [0.25, 0.3) is 11.6 Å². The Balaban J connectivity index is 1.13. The highest BCUT2D eigenvalue weighted by Crippen LogP contribution is 2.52. The summed E-state index contributed by atoms with van der Waals surface area (Å²) in [5.74, 6) is -1.81. The Morgan fingerprint density at radius 3 is 2.60 bits per heavy atom. The third kappa shape index (κ3) is 5.50. The monoisotopic (exact) mass is 629 g/mol. The molecule has 0 spiro atoms. The lowest BCUT2D eigenvalue weighted by Gasteiger charge is -2.46. The zero-order valence-corrected chi connectivity index (χ0v) is 25.2. The van der Waals surface area contributed by atoms with Crippen molar-refractivity contribution in [3.05, 3.63) is 61.6 Å². The second-order valence-electron chi connectivity index (χ2n) is 11.0. The number of fused-ring (bicyclic) bond motifs is 1. The van der Waals surface area contributed by atoms with E-state index < -0.39 is 22.9 Å². The molecule has 1 aromatic carbocycles. The SMILES string of the molecule is C[C@@H](O)[C@H]1C(=O)N2C(C(=O)OCc3ccc([N+](=O)[O-])cc3)=C(SC3CN(c4nc(C(=O)N5CCOCC5)cs4)C3)[C@H](C)[C@H]12. The fourth-order valence-corrected chi connectivity index (χ4v) is 8.22. The second-order valence-corrected chi connectivity index (χ2v) is 13.2. The van der Waals surface area contributed by atoms with Crippen molar-refractivity contribution in [1.82, 2.24) is 14.8 Å². The summed E-state index contributed by atoms with van der Waals surface area (Å²) < 4.78 is 10.9. The Kier molecular flexibility index (Phi) is 8.15. The molecule has 15 heteroatoms. The number of aromatic nitrogens is 1. The molecular weight excluding hydrogens is 598 g/mol. The van der Waals surface area contributed by atoms with E-state index in [9.17, 15) is 29.6 Å². The van der Waals surface area contributed by atoms with E-state index in [1.807, 2.05) is 6.92 Å². The number of carbonyl (C=O) groups is 3. The van der Waals surface area contributed by atoms with Gasteiger partial charge in [0.1, 0.15) is 18.0 Å². The maximum absolute atomic E-state index is 13.4. The molecule has 43 heavy (non-hydrogen) atoms. The van der Waals surface area contributed by atoms with Crippen LogP contribution in [0.25, 0.3) is 0 Å². The maximum atomic E-state index is 13.4. The molecule has 3 saturated heterocycles. The van der Waals surface area contributed by atoms with E-state index >= 15 is 0 Å². The minimum absolute atomic E-state index is 0.0634. The van der Waals surface area contributed by atoms with Crippen molar-refractivity contribution < 1.29 is 33.9 Å². The van der Waals surface area contributed by atoms with E-state index in [1.54, 1.807) is 17.2 Å². The number of benzene rings is 1. The molecule has 2 amide bonds. The highest BCUT2D eigenvalue weighted by molar-refractivity contribution is 8.03. The lowest BCUT2D eigenvalue weighted by molar-refractivity contribution is -0.384. The number of aliphatic hydroxyl groups is 1. The first-order chi connectivity index (χ1) is 20.6. The lowest BCUT2D eigenvalue weighted by atomic mass is 9.79. The minimum atomic E-state index is -0.851. The summed E-state index contributed by atoms with van der Waals surface area (Å²) in [4.78, 5) is 60.3.